The van der Waals surface area contributed by atoms with Crippen LogP contribution in [0.1, 0.15) is 32.3 Å². The summed E-state index contributed by atoms with van der Waals surface area (Å²) in [7, 11) is 1.78. The Morgan fingerprint density at radius 3 is 2.44 bits per heavy atom. The third-order valence-electron chi connectivity index (χ3n) is 2.94. The number of carboxylic acids is 1. The van der Waals surface area contributed by atoms with Gasteiger partial charge >= 0.3 is 5.97 Å². The molecule has 0 saturated carbocycles. The molecule has 0 aliphatic rings. The molecule has 0 spiro atoms. The van der Waals surface area contributed by atoms with Crippen molar-refractivity contribution < 1.29 is 14.3 Å². The fourth-order valence-corrected chi connectivity index (χ4v) is 1.29. The van der Waals surface area contributed by atoms with E-state index in [2.05, 4.69) is 0 Å². The molecule has 0 amide bonds. The van der Waals surface area contributed by atoms with Crippen molar-refractivity contribution in [3.8, 4) is 0 Å². The average molecular weight is 225 g/mol. The lowest BCUT2D eigenvalue weighted by Crippen LogP contribution is -2.47. The molecule has 16 heavy (non-hydrogen) atoms. The molecule has 1 rings (SSSR count). The first-order valence-corrected chi connectivity index (χ1v) is 5.40. The standard InChI is InChI=1S/C12H19NO3/c1-5-9-6-7-10(16-9)8-13(4)12(2,3)11(14)15/h6-7H,5,8H2,1-4H3,(H,14,15). The molecule has 0 fully saturated rings. The molecule has 0 atom stereocenters. The zero-order valence-electron chi connectivity index (χ0n) is 10.3. The van der Waals surface area contributed by atoms with Crippen molar-refractivity contribution in [3.63, 3.8) is 0 Å². The lowest BCUT2D eigenvalue weighted by atomic mass is 10.0. The van der Waals surface area contributed by atoms with Crippen molar-refractivity contribution in [1.82, 2.24) is 4.90 Å². The number of aliphatic carboxylic acids is 1. The van der Waals surface area contributed by atoms with E-state index in [1.165, 1.54) is 0 Å². The highest BCUT2D eigenvalue weighted by molar-refractivity contribution is 5.77. The number of nitrogens with zero attached hydrogens (tertiary/aromatic N) is 1. The predicted molar refractivity (Wildman–Crippen MR) is 61.3 cm³/mol. The second kappa shape index (κ2) is 4.70. The van der Waals surface area contributed by atoms with Crippen molar-refractivity contribution in [1.29, 1.82) is 0 Å². The fraction of sp³-hybridized carbons (Fsp3) is 0.583. The maximum Gasteiger partial charge on any atom is 0.323 e. The predicted octanol–water partition coefficient (Wildman–Crippen LogP) is 2.14. The zero-order valence-corrected chi connectivity index (χ0v) is 10.3. The maximum atomic E-state index is 11.0. The number of likely N-dealkylation sites (N-methyl/N-ethyl adjacent to an activating group) is 1. The van der Waals surface area contributed by atoms with Gasteiger partial charge in [0.2, 0.25) is 0 Å². The minimum Gasteiger partial charge on any atom is -0.480 e. The van der Waals surface area contributed by atoms with Crippen LogP contribution in [-0.4, -0.2) is 28.6 Å². The normalized spacial score (nSPS) is 12.1. The lowest BCUT2D eigenvalue weighted by molar-refractivity contribution is -0.148. The molecule has 4 nitrogen and oxygen atoms in total. The minimum absolute atomic E-state index is 0.499. The van der Waals surface area contributed by atoms with E-state index < -0.39 is 11.5 Å². The summed E-state index contributed by atoms with van der Waals surface area (Å²) in [5.74, 6) is 0.891. The molecule has 0 aliphatic heterocycles. The average Bonchev–Trinajstić information content (AvgIpc) is 2.65. The van der Waals surface area contributed by atoms with Gasteiger partial charge in [-0.25, -0.2) is 0 Å². The quantitative estimate of drug-likeness (QED) is 0.834. The van der Waals surface area contributed by atoms with Gasteiger partial charge in [0.25, 0.3) is 0 Å². The Bertz CT molecular complexity index is 368. The lowest BCUT2D eigenvalue weighted by Gasteiger charge is -2.30. The number of furan rings is 1. The monoisotopic (exact) mass is 225 g/mol. The third-order valence-corrected chi connectivity index (χ3v) is 2.94. The molecule has 0 aromatic carbocycles. The highest BCUT2D eigenvalue weighted by atomic mass is 16.4. The number of aryl methyl sites for hydroxylation is 1. The highest BCUT2D eigenvalue weighted by Crippen LogP contribution is 2.17. The van der Waals surface area contributed by atoms with Crippen LogP contribution in [0.15, 0.2) is 16.5 Å². The van der Waals surface area contributed by atoms with E-state index in [0.717, 1.165) is 17.9 Å². The molecule has 1 aromatic heterocycles. The summed E-state index contributed by atoms with van der Waals surface area (Å²) >= 11 is 0. The van der Waals surface area contributed by atoms with Crippen molar-refractivity contribution in [2.24, 2.45) is 0 Å². The van der Waals surface area contributed by atoms with Gasteiger partial charge in [-0.15, -0.1) is 0 Å². The van der Waals surface area contributed by atoms with E-state index in [-0.39, 0.29) is 0 Å². The van der Waals surface area contributed by atoms with E-state index in [4.69, 9.17) is 9.52 Å². The van der Waals surface area contributed by atoms with Crippen LogP contribution < -0.4 is 0 Å². The van der Waals surface area contributed by atoms with Crippen molar-refractivity contribution >= 4 is 5.97 Å². The van der Waals surface area contributed by atoms with Crippen LogP contribution in [0.4, 0.5) is 0 Å². The molecule has 90 valence electrons. The van der Waals surface area contributed by atoms with Gasteiger partial charge in [-0.05, 0) is 33.0 Å². The minimum atomic E-state index is -0.890. The van der Waals surface area contributed by atoms with Crippen LogP contribution in [0.3, 0.4) is 0 Å². The molecule has 0 unspecified atom stereocenters. The summed E-state index contributed by atoms with van der Waals surface area (Å²) in [5.41, 5.74) is -0.890. The first kappa shape index (κ1) is 12.8. The molecular formula is C12H19NO3. The zero-order chi connectivity index (χ0) is 12.3. The Kier molecular flexibility index (Phi) is 3.75. The van der Waals surface area contributed by atoms with Crippen LogP contribution in [0.5, 0.6) is 0 Å². The topological polar surface area (TPSA) is 53.7 Å². The molecular weight excluding hydrogens is 206 g/mol. The van der Waals surface area contributed by atoms with Gasteiger partial charge in [-0.1, -0.05) is 6.92 Å². The molecule has 0 bridgehead atoms. The van der Waals surface area contributed by atoms with E-state index in [9.17, 15) is 4.79 Å². The maximum absolute atomic E-state index is 11.0. The molecule has 1 heterocycles. The smallest absolute Gasteiger partial charge is 0.323 e. The molecule has 1 N–H and O–H groups in total. The molecule has 1 aromatic rings. The fourth-order valence-electron chi connectivity index (χ4n) is 1.29. The Morgan fingerprint density at radius 1 is 1.44 bits per heavy atom. The number of hydrogen-bond donors (Lipinski definition) is 1. The number of rotatable bonds is 5. The van der Waals surface area contributed by atoms with Gasteiger partial charge < -0.3 is 9.52 Å². The highest BCUT2D eigenvalue weighted by Gasteiger charge is 2.32. The van der Waals surface area contributed by atoms with E-state index >= 15 is 0 Å². The van der Waals surface area contributed by atoms with Crippen molar-refractivity contribution in [2.75, 3.05) is 7.05 Å². The number of carboxylic acid groups (broad SMARTS) is 1. The van der Waals surface area contributed by atoms with Crippen LogP contribution in [0.2, 0.25) is 0 Å². The van der Waals surface area contributed by atoms with Crippen LogP contribution >= 0.6 is 0 Å². The Labute approximate surface area is 95.9 Å². The number of hydrogen-bond acceptors (Lipinski definition) is 3. The molecule has 0 radical (unpaired) electrons. The first-order chi connectivity index (χ1) is 7.37. The molecule has 0 aliphatic carbocycles. The van der Waals surface area contributed by atoms with Gasteiger partial charge in [0.15, 0.2) is 0 Å². The summed E-state index contributed by atoms with van der Waals surface area (Å²) in [6.45, 7) is 5.88. The summed E-state index contributed by atoms with van der Waals surface area (Å²) < 4.78 is 5.54. The van der Waals surface area contributed by atoms with Gasteiger partial charge in [0.1, 0.15) is 17.1 Å². The van der Waals surface area contributed by atoms with Gasteiger partial charge in [-0.2, -0.15) is 0 Å². The van der Waals surface area contributed by atoms with Crippen LogP contribution in [0.25, 0.3) is 0 Å². The van der Waals surface area contributed by atoms with Crippen molar-refractivity contribution in [3.05, 3.63) is 23.7 Å². The summed E-state index contributed by atoms with van der Waals surface area (Å²) in [4.78, 5) is 12.8. The van der Waals surface area contributed by atoms with Crippen molar-refractivity contribution in [2.45, 2.75) is 39.3 Å². The summed E-state index contributed by atoms with van der Waals surface area (Å²) in [6.07, 6.45) is 0.853. The second-order valence-corrected chi connectivity index (χ2v) is 4.44. The summed E-state index contributed by atoms with van der Waals surface area (Å²) in [5, 5.41) is 9.07. The third kappa shape index (κ3) is 2.64. The van der Waals surface area contributed by atoms with Gasteiger partial charge in [-0.3, -0.25) is 9.69 Å². The second-order valence-electron chi connectivity index (χ2n) is 4.44. The molecule has 0 saturated heterocycles. The first-order valence-electron chi connectivity index (χ1n) is 5.40. The molecule has 4 heteroatoms. The van der Waals surface area contributed by atoms with Gasteiger partial charge in [0, 0.05) is 6.42 Å². The van der Waals surface area contributed by atoms with Gasteiger partial charge in [0.05, 0.1) is 6.54 Å². The van der Waals surface area contributed by atoms with E-state index in [1.807, 2.05) is 19.1 Å². The van der Waals surface area contributed by atoms with E-state index in [1.54, 1.807) is 25.8 Å². The van der Waals surface area contributed by atoms with E-state index in [0.29, 0.717) is 6.54 Å². The Balaban J connectivity index is 2.70. The van der Waals surface area contributed by atoms with Crippen LogP contribution in [0, 0.1) is 0 Å². The number of carbonyl (C=O) groups is 1. The van der Waals surface area contributed by atoms with Crippen LogP contribution in [-0.2, 0) is 17.8 Å². The Hall–Kier alpha value is -1.29. The summed E-state index contributed by atoms with van der Waals surface area (Å²) in [6, 6.07) is 3.82. The largest absolute Gasteiger partial charge is 0.480 e. The SMILES string of the molecule is CCc1ccc(CN(C)C(C)(C)C(=O)O)o1. The Morgan fingerprint density at radius 2 is 2.00 bits per heavy atom.